The van der Waals surface area contributed by atoms with Gasteiger partial charge in [-0.3, -0.25) is 4.79 Å². The molecule has 0 aliphatic heterocycles. The molecule has 3 aromatic rings. The third kappa shape index (κ3) is 4.86. The first-order chi connectivity index (χ1) is 14.0. The minimum atomic E-state index is -0.284. The summed E-state index contributed by atoms with van der Waals surface area (Å²) in [6, 6.07) is 10.1. The molecule has 0 aliphatic rings. The molecule has 0 saturated heterocycles. The molecule has 0 atom stereocenters. The summed E-state index contributed by atoms with van der Waals surface area (Å²) in [6.07, 6.45) is 5.23. The number of rotatable bonds is 8. The van der Waals surface area contributed by atoms with E-state index in [0.717, 1.165) is 40.5 Å². The maximum absolute atomic E-state index is 13.3. The Morgan fingerprint density at radius 3 is 2.66 bits per heavy atom. The predicted molar refractivity (Wildman–Crippen MR) is 114 cm³/mol. The van der Waals surface area contributed by atoms with Crippen LogP contribution in [-0.2, 0) is 4.79 Å². The minimum absolute atomic E-state index is 0.121. The molecule has 0 aliphatic carbocycles. The highest BCUT2D eigenvalue weighted by Gasteiger charge is 2.15. The average molecular weight is 395 g/mol. The third-order valence-corrected chi connectivity index (χ3v) is 4.73. The van der Waals surface area contributed by atoms with Gasteiger partial charge in [0.1, 0.15) is 17.1 Å². The van der Waals surface area contributed by atoms with E-state index >= 15 is 0 Å². The summed E-state index contributed by atoms with van der Waals surface area (Å²) in [5.41, 5.74) is 4.03. The first-order valence-electron chi connectivity index (χ1n) is 9.94. The largest absolute Gasteiger partial charge is 0.493 e. The summed E-state index contributed by atoms with van der Waals surface area (Å²) in [6.45, 7) is 7.05. The zero-order valence-corrected chi connectivity index (χ0v) is 17.0. The fraction of sp³-hybridized carbons (Fsp3) is 0.292. The van der Waals surface area contributed by atoms with Gasteiger partial charge in [0.15, 0.2) is 0 Å². The number of furan rings is 1. The van der Waals surface area contributed by atoms with Gasteiger partial charge in [-0.25, -0.2) is 4.39 Å². The van der Waals surface area contributed by atoms with E-state index in [0.29, 0.717) is 24.5 Å². The molecule has 0 spiro atoms. The van der Waals surface area contributed by atoms with Crippen LogP contribution in [0.5, 0.6) is 5.75 Å². The van der Waals surface area contributed by atoms with Gasteiger partial charge in [0.25, 0.3) is 0 Å². The van der Waals surface area contributed by atoms with Gasteiger partial charge in [-0.1, -0.05) is 25.5 Å². The van der Waals surface area contributed by atoms with Crippen LogP contribution in [0.3, 0.4) is 0 Å². The molecule has 3 rings (SSSR count). The molecule has 0 fully saturated rings. The van der Waals surface area contributed by atoms with Crippen molar-refractivity contribution in [3.63, 3.8) is 0 Å². The first-order valence-corrected chi connectivity index (χ1v) is 9.94. The molecule has 5 heteroatoms. The summed E-state index contributed by atoms with van der Waals surface area (Å²) in [5, 5.41) is 3.78. The van der Waals surface area contributed by atoms with Crippen LogP contribution in [0.25, 0.3) is 27.7 Å². The topological polar surface area (TPSA) is 51.5 Å². The standard InChI is InChI=1S/C24H26FNO3/c1-4-6-11-26-24(27)12-16(3)19-13-20-21(17-7-9-18(25)10-8-17)15-29-23(20)14-22(19)28-5-2/h7-10,12-15H,4-6,11H2,1-3H3,(H,26,27)/b16-12+. The molecule has 0 bridgehead atoms. The lowest BCUT2D eigenvalue weighted by Crippen LogP contribution is -2.22. The lowest BCUT2D eigenvalue weighted by molar-refractivity contribution is -0.116. The van der Waals surface area contributed by atoms with Gasteiger partial charge in [0, 0.05) is 35.2 Å². The molecule has 1 amide bonds. The molecule has 0 unspecified atom stereocenters. The highest BCUT2D eigenvalue weighted by atomic mass is 19.1. The van der Waals surface area contributed by atoms with Gasteiger partial charge in [-0.05, 0) is 49.6 Å². The number of unbranched alkanes of at least 4 members (excludes halogenated alkanes) is 1. The fourth-order valence-corrected chi connectivity index (χ4v) is 3.20. The Kier molecular flexibility index (Phi) is 6.70. The maximum Gasteiger partial charge on any atom is 0.244 e. The third-order valence-electron chi connectivity index (χ3n) is 4.73. The predicted octanol–water partition coefficient (Wildman–Crippen LogP) is 5.96. The summed E-state index contributed by atoms with van der Waals surface area (Å²) >= 11 is 0. The summed E-state index contributed by atoms with van der Waals surface area (Å²) in [5.74, 6) is 0.258. The van der Waals surface area contributed by atoms with Crippen LogP contribution < -0.4 is 10.1 Å². The van der Waals surface area contributed by atoms with E-state index in [2.05, 4.69) is 12.2 Å². The van der Waals surface area contributed by atoms with Crippen molar-refractivity contribution in [2.45, 2.75) is 33.6 Å². The van der Waals surface area contributed by atoms with Gasteiger partial charge < -0.3 is 14.5 Å². The maximum atomic E-state index is 13.3. The van der Waals surface area contributed by atoms with E-state index in [1.54, 1.807) is 24.5 Å². The fourth-order valence-electron chi connectivity index (χ4n) is 3.20. The van der Waals surface area contributed by atoms with E-state index in [9.17, 15) is 9.18 Å². The lowest BCUT2D eigenvalue weighted by atomic mass is 9.99. The number of halogens is 1. The number of nitrogens with one attached hydrogen (secondary N) is 1. The SMILES string of the molecule is CCCCNC(=O)/C=C(\C)c1cc2c(-c3ccc(F)cc3)coc2cc1OCC. The van der Waals surface area contributed by atoms with Crippen LogP contribution in [0, 0.1) is 5.82 Å². The summed E-state index contributed by atoms with van der Waals surface area (Å²) in [7, 11) is 0. The number of hydrogen-bond donors (Lipinski definition) is 1. The number of amides is 1. The van der Waals surface area contributed by atoms with Crippen molar-refractivity contribution in [3.05, 3.63) is 60.1 Å². The number of allylic oxidation sites excluding steroid dienone is 1. The Balaban J connectivity index is 2.02. The van der Waals surface area contributed by atoms with Crippen LogP contribution in [0.4, 0.5) is 4.39 Å². The molecule has 0 radical (unpaired) electrons. The van der Waals surface area contributed by atoms with Gasteiger partial charge >= 0.3 is 0 Å². The van der Waals surface area contributed by atoms with E-state index in [1.807, 2.05) is 26.0 Å². The monoisotopic (exact) mass is 395 g/mol. The quantitative estimate of drug-likeness (QED) is 0.378. The van der Waals surface area contributed by atoms with Gasteiger partial charge in [-0.2, -0.15) is 0 Å². The molecule has 1 heterocycles. The zero-order valence-electron chi connectivity index (χ0n) is 17.0. The Morgan fingerprint density at radius 2 is 1.97 bits per heavy atom. The Bertz CT molecular complexity index is 1020. The second-order valence-corrected chi connectivity index (χ2v) is 6.91. The molecule has 4 nitrogen and oxygen atoms in total. The summed E-state index contributed by atoms with van der Waals surface area (Å²) < 4.78 is 24.8. The Morgan fingerprint density at radius 1 is 1.21 bits per heavy atom. The smallest absolute Gasteiger partial charge is 0.244 e. The second kappa shape index (κ2) is 9.41. The first kappa shape index (κ1) is 20.6. The number of fused-ring (bicyclic) bond motifs is 1. The molecular weight excluding hydrogens is 369 g/mol. The van der Waals surface area contributed by atoms with Crippen molar-refractivity contribution in [1.82, 2.24) is 5.32 Å². The van der Waals surface area contributed by atoms with Crippen molar-refractivity contribution in [2.75, 3.05) is 13.2 Å². The number of carbonyl (C=O) groups is 1. The van der Waals surface area contributed by atoms with Crippen molar-refractivity contribution < 1.29 is 18.3 Å². The Labute approximate surface area is 170 Å². The number of hydrogen-bond acceptors (Lipinski definition) is 3. The van der Waals surface area contributed by atoms with Crippen LogP contribution >= 0.6 is 0 Å². The van der Waals surface area contributed by atoms with Gasteiger partial charge in [-0.15, -0.1) is 0 Å². The zero-order chi connectivity index (χ0) is 20.8. The van der Waals surface area contributed by atoms with Crippen LogP contribution in [-0.4, -0.2) is 19.1 Å². The van der Waals surface area contributed by atoms with Gasteiger partial charge in [0.05, 0.1) is 12.9 Å². The molecule has 1 N–H and O–H groups in total. The molecule has 0 saturated carbocycles. The van der Waals surface area contributed by atoms with Crippen molar-refractivity contribution >= 4 is 22.4 Å². The van der Waals surface area contributed by atoms with Crippen molar-refractivity contribution in [3.8, 4) is 16.9 Å². The number of carbonyl (C=O) groups excluding carboxylic acids is 1. The molecule has 152 valence electrons. The van der Waals surface area contributed by atoms with E-state index in [4.69, 9.17) is 9.15 Å². The van der Waals surface area contributed by atoms with Crippen molar-refractivity contribution in [2.24, 2.45) is 0 Å². The Hall–Kier alpha value is -3.08. The number of benzene rings is 2. The van der Waals surface area contributed by atoms with Crippen molar-refractivity contribution in [1.29, 1.82) is 0 Å². The highest BCUT2D eigenvalue weighted by molar-refractivity contribution is 6.00. The van der Waals surface area contributed by atoms with E-state index in [1.165, 1.54) is 12.1 Å². The second-order valence-electron chi connectivity index (χ2n) is 6.91. The number of ether oxygens (including phenoxy) is 1. The lowest BCUT2D eigenvalue weighted by Gasteiger charge is -2.12. The molecule has 29 heavy (non-hydrogen) atoms. The van der Waals surface area contributed by atoms with Crippen LogP contribution in [0.15, 0.2) is 53.2 Å². The van der Waals surface area contributed by atoms with Gasteiger partial charge in [0.2, 0.25) is 5.91 Å². The van der Waals surface area contributed by atoms with Crippen LogP contribution in [0.2, 0.25) is 0 Å². The van der Waals surface area contributed by atoms with E-state index in [-0.39, 0.29) is 11.7 Å². The average Bonchev–Trinajstić information content (AvgIpc) is 3.11. The summed E-state index contributed by atoms with van der Waals surface area (Å²) in [4.78, 5) is 12.2. The molecular formula is C24H26FNO3. The normalized spacial score (nSPS) is 11.7. The molecule has 1 aromatic heterocycles. The van der Waals surface area contributed by atoms with E-state index < -0.39 is 0 Å². The molecule has 2 aromatic carbocycles. The van der Waals surface area contributed by atoms with Crippen LogP contribution in [0.1, 0.15) is 39.2 Å². The highest BCUT2D eigenvalue weighted by Crippen LogP contribution is 2.37. The minimum Gasteiger partial charge on any atom is -0.493 e.